The van der Waals surface area contributed by atoms with E-state index in [-0.39, 0.29) is 5.75 Å². The third kappa shape index (κ3) is 2.87. The van der Waals surface area contributed by atoms with Crippen LogP contribution >= 0.6 is 11.8 Å². The van der Waals surface area contributed by atoms with Crippen molar-refractivity contribution in [2.24, 2.45) is 0 Å². The van der Waals surface area contributed by atoms with Gasteiger partial charge in [0.2, 0.25) is 0 Å². The summed E-state index contributed by atoms with van der Waals surface area (Å²) in [5.74, 6) is 0.670. The van der Waals surface area contributed by atoms with E-state index >= 15 is 0 Å². The molecule has 0 radical (unpaired) electrons. The summed E-state index contributed by atoms with van der Waals surface area (Å²) in [5.41, 5.74) is 7.45. The Morgan fingerprint density at radius 1 is 1.14 bits per heavy atom. The van der Waals surface area contributed by atoms with E-state index in [2.05, 4.69) is 0 Å². The molecule has 0 bridgehead atoms. The van der Waals surface area contributed by atoms with Crippen molar-refractivity contribution < 1.29 is 9.52 Å². The number of anilines is 1. The summed E-state index contributed by atoms with van der Waals surface area (Å²) in [4.78, 5) is 12.6. The van der Waals surface area contributed by atoms with Crippen LogP contribution in [0.15, 0.2) is 62.6 Å². The van der Waals surface area contributed by atoms with Crippen LogP contribution in [0.2, 0.25) is 0 Å². The molecule has 0 aliphatic rings. The second-order valence-electron chi connectivity index (χ2n) is 4.60. The van der Waals surface area contributed by atoms with E-state index in [4.69, 9.17) is 10.2 Å². The molecule has 4 nitrogen and oxygen atoms in total. The van der Waals surface area contributed by atoms with Gasteiger partial charge in [0.15, 0.2) is 0 Å². The van der Waals surface area contributed by atoms with E-state index in [9.17, 15) is 9.90 Å². The molecule has 2 aromatic carbocycles. The quantitative estimate of drug-likeness (QED) is 0.440. The predicted molar refractivity (Wildman–Crippen MR) is 84.6 cm³/mol. The van der Waals surface area contributed by atoms with Gasteiger partial charge in [-0.1, -0.05) is 12.1 Å². The first-order chi connectivity index (χ1) is 10.1. The van der Waals surface area contributed by atoms with Crippen molar-refractivity contribution in [3.63, 3.8) is 0 Å². The lowest BCUT2D eigenvalue weighted by Gasteiger charge is -2.07. The lowest BCUT2D eigenvalue weighted by atomic mass is 10.1. The predicted octanol–water partition coefficient (Wildman–Crippen LogP) is 3.37. The van der Waals surface area contributed by atoms with Gasteiger partial charge in [-0.05, 0) is 29.8 Å². The van der Waals surface area contributed by atoms with Crippen LogP contribution in [-0.4, -0.2) is 5.11 Å². The summed E-state index contributed by atoms with van der Waals surface area (Å²) in [6.45, 7) is 0. The van der Waals surface area contributed by atoms with Crippen molar-refractivity contribution in [3.8, 4) is 5.75 Å². The van der Waals surface area contributed by atoms with Crippen molar-refractivity contribution >= 4 is 28.4 Å². The van der Waals surface area contributed by atoms with Gasteiger partial charge >= 0.3 is 5.63 Å². The zero-order valence-electron chi connectivity index (χ0n) is 11.1. The fraction of sp³-hybridized carbons (Fsp3) is 0.0625. The lowest BCUT2D eigenvalue weighted by molar-refractivity contribution is 0.473. The number of para-hydroxylation sites is 1. The highest BCUT2D eigenvalue weighted by Crippen LogP contribution is 2.30. The zero-order valence-corrected chi connectivity index (χ0v) is 11.9. The minimum Gasteiger partial charge on any atom is -0.508 e. The van der Waals surface area contributed by atoms with Crippen LogP contribution in [0.4, 0.5) is 5.69 Å². The maximum absolute atomic E-state index is 11.6. The van der Waals surface area contributed by atoms with Gasteiger partial charge in [0.1, 0.15) is 11.3 Å². The molecule has 0 saturated carbocycles. The van der Waals surface area contributed by atoms with E-state index in [0.717, 1.165) is 15.8 Å². The smallest absolute Gasteiger partial charge is 0.336 e. The first kappa shape index (κ1) is 13.6. The van der Waals surface area contributed by atoms with Crippen LogP contribution < -0.4 is 11.4 Å². The number of thioether (sulfide) groups is 1. The van der Waals surface area contributed by atoms with Gasteiger partial charge in [-0.2, -0.15) is 0 Å². The van der Waals surface area contributed by atoms with E-state index in [1.165, 1.54) is 12.1 Å². The Morgan fingerprint density at radius 2 is 1.95 bits per heavy atom. The lowest BCUT2D eigenvalue weighted by Crippen LogP contribution is -2.00. The number of phenolic OH excluding ortho intramolecular Hbond substituents is 1. The summed E-state index contributed by atoms with van der Waals surface area (Å²) in [6, 6.07) is 13.8. The van der Waals surface area contributed by atoms with Gasteiger partial charge in [-0.25, -0.2) is 4.79 Å². The Morgan fingerprint density at radius 3 is 2.76 bits per heavy atom. The van der Waals surface area contributed by atoms with E-state index in [1.54, 1.807) is 23.9 Å². The molecular formula is C16H13NO3S. The third-order valence-corrected chi connectivity index (χ3v) is 4.25. The number of hydrogen-bond donors (Lipinski definition) is 2. The number of nitrogen functional groups attached to an aromatic ring is 1. The van der Waals surface area contributed by atoms with Gasteiger partial charge in [-0.3, -0.25) is 0 Å². The van der Waals surface area contributed by atoms with Crippen molar-refractivity contribution in [1.29, 1.82) is 0 Å². The monoisotopic (exact) mass is 299 g/mol. The second-order valence-corrected chi connectivity index (χ2v) is 5.61. The van der Waals surface area contributed by atoms with Crippen molar-refractivity contribution in [2.75, 3.05) is 5.73 Å². The van der Waals surface area contributed by atoms with Gasteiger partial charge in [0, 0.05) is 33.9 Å². The summed E-state index contributed by atoms with van der Waals surface area (Å²) in [5, 5.41) is 10.3. The molecule has 0 atom stereocenters. The molecule has 21 heavy (non-hydrogen) atoms. The number of aromatic hydroxyl groups is 1. The van der Waals surface area contributed by atoms with Crippen LogP contribution in [0.3, 0.4) is 0 Å². The molecule has 1 heterocycles. The Hall–Kier alpha value is -2.40. The number of benzene rings is 2. The van der Waals surface area contributed by atoms with Crippen molar-refractivity contribution in [1.82, 2.24) is 0 Å². The van der Waals surface area contributed by atoms with Crippen LogP contribution in [-0.2, 0) is 5.75 Å². The highest BCUT2D eigenvalue weighted by Gasteiger charge is 2.08. The summed E-state index contributed by atoms with van der Waals surface area (Å²) in [7, 11) is 0. The average Bonchev–Trinajstić information content (AvgIpc) is 2.45. The normalized spacial score (nSPS) is 10.9. The topological polar surface area (TPSA) is 76.5 Å². The SMILES string of the molecule is Nc1ccccc1SCc1cc(=O)oc2cc(O)ccc12. The van der Waals surface area contributed by atoms with Gasteiger partial charge < -0.3 is 15.3 Å². The van der Waals surface area contributed by atoms with E-state index < -0.39 is 5.63 Å². The Kier molecular flexibility index (Phi) is 3.58. The van der Waals surface area contributed by atoms with Gasteiger partial charge in [0.25, 0.3) is 0 Å². The second kappa shape index (κ2) is 5.54. The zero-order chi connectivity index (χ0) is 14.8. The molecule has 0 aliphatic heterocycles. The first-order valence-corrected chi connectivity index (χ1v) is 7.35. The molecule has 3 N–H and O–H groups in total. The Balaban J connectivity index is 1.97. The van der Waals surface area contributed by atoms with Gasteiger partial charge in [-0.15, -0.1) is 11.8 Å². The molecule has 0 fully saturated rings. The third-order valence-electron chi connectivity index (χ3n) is 3.12. The molecule has 0 saturated heterocycles. The van der Waals surface area contributed by atoms with E-state index in [1.807, 2.05) is 24.3 Å². The largest absolute Gasteiger partial charge is 0.508 e. The first-order valence-electron chi connectivity index (χ1n) is 6.36. The number of nitrogens with two attached hydrogens (primary N) is 1. The number of phenols is 1. The summed E-state index contributed by atoms with van der Waals surface area (Å²) < 4.78 is 5.11. The fourth-order valence-electron chi connectivity index (χ4n) is 2.11. The summed E-state index contributed by atoms with van der Waals surface area (Å²) in [6.07, 6.45) is 0. The molecule has 5 heteroatoms. The van der Waals surface area contributed by atoms with Crippen LogP contribution in [0, 0.1) is 0 Å². The summed E-state index contributed by atoms with van der Waals surface area (Å²) >= 11 is 1.56. The minimum atomic E-state index is -0.426. The molecule has 0 aliphatic carbocycles. The fourth-order valence-corrected chi connectivity index (χ4v) is 3.06. The highest BCUT2D eigenvalue weighted by atomic mass is 32.2. The molecular weight excluding hydrogens is 286 g/mol. The minimum absolute atomic E-state index is 0.0720. The van der Waals surface area contributed by atoms with Crippen LogP contribution in [0.25, 0.3) is 11.0 Å². The van der Waals surface area contributed by atoms with Gasteiger partial charge in [0.05, 0.1) is 0 Å². The number of rotatable bonds is 3. The number of fused-ring (bicyclic) bond motifs is 1. The average molecular weight is 299 g/mol. The number of hydrogen-bond acceptors (Lipinski definition) is 5. The van der Waals surface area contributed by atoms with Crippen LogP contribution in [0.5, 0.6) is 5.75 Å². The molecule has 0 spiro atoms. The molecule has 3 rings (SSSR count). The van der Waals surface area contributed by atoms with Crippen molar-refractivity contribution in [2.45, 2.75) is 10.6 Å². The maximum atomic E-state index is 11.6. The van der Waals surface area contributed by atoms with Crippen molar-refractivity contribution in [3.05, 3.63) is 64.5 Å². The molecule has 3 aromatic rings. The Bertz CT molecular complexity index is 858. The maximum Gasteiger partial charge on any atom is 0.336 e. The molecule has 106 valence electrons. The van der Waals surface area contributed by atoms with Crippen LogP contribution in [0.1, 0.15) is 5.56 Å². The molecule has 0 amide bonds. The molecule has 1 aromatic heterocycles. The molecule has 0 unspecified atom stereocenters. The standard InChI is InChI=1S/C16H13NO3S/c17-13-3-1-2-4-15(13)21-9-10-7-16(19)20-14-8-11(18)5-6-12(10)14/h1-8,18H,9,17H2. The Labute approximate surface area is 125 Å². The highest BCUT2D eigenvalue weighted by molar-refractivity contribution is 7.98. The van der Waals surface area contributed by atoms with E-state index in [0.29, 0.717) is 17.0 Å².